The first-order valence-corrected chi connectivity index (χ1v) is 9.00. The SMILES string of the molecule is Cc1c(C(=O)N(CC#N)CC#N)oc2c1/C(=N/NC(=O)c1ccccn1)CCC2. The number of hydrogen-bond acceptors (Lipinski definition) is 7. The number of hydrogen-bond donors (Lipinski definition) is 1. The van der Waals surface area contributed by atoms with Gasteiger partial charge in [-0.05, 0) is 31.9 Å². The van der Waals surface area contributed by atoms with Crippen molar-refractivity contribution in [1.82, 2.24) is 15.3 Å². The molecule has 0 unspecified atom stereocenters. The van der Waals surface area contributed by atoms with Crippen molar-refractivity contribution in [3.63, 3.8) is 0 Å². The van der Waals surface area contributed by atoms with E-state index in [4.69, 9.17) is 14.9 Å². The molecule has 2 amide bonds. The number of aryl methyl sites for hydroxylation is 1. The number of nitriles is 2. The molecule has 1 N–H and O–H groups in total. The number of amides is 2. The van der Waals surface area contributed by atoms with Gasteiger partial charge in [0.05, 0.1) is 17.9 Å². The highest BCUT2D eigenvalue weighted by Gasteiger charge is 2.30. The summed E-state index contributed by atoms with van der Waals surface area (Å²) < 4.78 is 5.78. The van der Waals surface area contributed by atoms with Gasteiger partial charge in [0.2, 0.25) is 0 Å². The minimum Gasteiger partial charge on any atom is -0.455 e. The Kier molecular flexibility index (Phi) is 6.00. The van der Waals surface area contributed by atoms with Crippen LogP contribution in [0.15, 0.2) is 33.9 Å². The van der Waals surface area contributed by atoms with Gasteiger partial charge >= 0.3 is 0 Å². The van der Waals surface area contributed by atoms with Crippen molar-refractivity contribution in [1.29, 1.82) is 10.5 Å². The van der Waals surface area contributed by atoms with E-state index < -0.39 is 11.8 Å². The highest BCUT2D eigenvalue weighted by Crippen LogP contribution is 2.30. The maximum atomic E-state index is 12.7. The lowest BCUT2D eigenvalue weighted by Crippen LogP contribution is -2.32. The lowest BCUT2D eigenvalue weighted by Gasteiger charge is -2.14. The molecule has 0 bridgehead atoms. The highest BCUT2D eigenvalue weighted by atomic mass is 16.4. The Labute approximate surface area is 167 Å². The number of pyridine rings is 1. The third kappa shape index (κ3) is 4.14. The van der Waals surface area contributed by atoms with Gasteiger partial charge in [0.15, 0.2) is 5.76 Å². The third-order valence-electron chi connectivity index (χ3n) is 4.52. The van der Waals surface area contributed by atoms with Gasteiger partial charge in [-0.2, -0.15) is 15.6 Å². The first-order chi connectivity index (χ1) is 14.1. The van der Waals surface area contributed by atoms with Crippen LogP contribution in [0.2, 0.25) is 0 Å². The van der Waals surface area contributed by atoms with Gasteiger partial charge < -0.3 is 9.32 Å². The second-order valence-corrected chi connectivity index (χ2v) is 6.40. The molecular weight excluding hydrogens is 372 g/mol. The predicted molar refractivity (Wildman–Crippen MR) is 102 cm³/mol. The molecule has 0 saturated carbocycles. The summed E-state index contributed by atoms with van der Waals surface area (Å²) in [4.78, 5) is 30.0. The minimum absolute atomic E-state index is 0.0890. The number of nitrogens with zero attached hydrogens (tertiary/aromatic N) is 5. The average molecular weight is 390 g/mol. The Hall–Kier alpha value is -3.98. The molecule has 9 heteroatoms. The summed E-state index contributed by atoms with van der Waals surface area (Å²) in [5.74, 6) is -0.253. The van der Waals surface area contributed by atoms with E-state index >= 15 is 0 Å². The molecular formula is C20H18N6O3. The molecule has 2 aromatic rings. The highest BCUT2D eigenvalue weighted by molar-refractivity contribution is 6.07. The molecule has 1 aliphatic rings. The van der Waals surface area contributed by atoms with Crippen molar-refractivity contribution in [2.24, 2.45) is 5.10 Å². The second kappa shape index (κ2) is 8.81. The van der Waals surface area contributed by atoms with Crippen LogP contribution in [0.5, 0.6) is 0 Å². The van der Waals surface area contributed by atoms with E-state index in [9.17, 15) is 9.59 Å². The molecule has 0 spiro atoms. The number of carbonyl (C=O) groups excluding carboxylic acids is 2. The zero-order valence-corrected chi connectivity index (χ0v) is 15.8. The van der Waals surface area contributed by atoms with Crippen molar-refractivity contribution < 1.29 is 14.0 Å². The number of hydrazone groups is 1. The molecule has 0 aromatic carbocycles. The van der Waals surface area contributed by atoms with Crippen molar-refractivity contribution >= 4 is 17.5 Å². The van der Waals surface area contributed by atoms with E-state index in [-0.39, 0.29) is 24.5 Å². The molecule has 0 fully saturated rings. The monoisotopic (exact) mass is 390 g/mol. The Morgan fingerprint density at radius 2 is 2.03 bits per heavy atom. The van der Waals surface area contributed by atoms with Crippen molar-refractivity contribution in [3.05, 3.63) is 52.7 Å². The van der Waals surface area contributed by atoms with Crippen LogP contribution in [0.4, 0.5) is 0 Å². The Morgan fingerprint density at radius 1 is 1.28 bits per heavy atom. The molecule has 146 valence electrons. The lowest BCUT2D eigenvalue weighted by atomic mass is 9.93. The molecule has 3 rings (SSSR count). The predicted octanol–water partition coefficient (Wildman–Crippen LogP) is 1.94. The zero-order chi connectivity index (χ0) is 20.8. The molecule has 1 aliphatic carbocycles. The summed E-state index contributed by atoms with van der Waals surface area (Å²) in [5.41, 5.74) is 4.63. The van der Waals surface area contributed by atoms with Crippen LogP contribution < -0.4 is 5.43 Å². The van der Waals surface area contributed by atoms with Crippen LogP contribution in [-0.4, -0.2) is 40.5 Å². The van der Waals surface area contributed by atoms with Crippen LogP contribution in [0.3, 0.4) is 0 Å². The summed E-state index contributed by atoms with van der Waals surface area (Å²) in [6.45, 7) is 1.31. The van der Waals surface area contributed by atoms with Crippen molar-refractivity contribution in [2.75, 3.05) is 13.1 Å². The van der Waals surface area contributed by atoms with Gasteiger partial charge in [0, 0.05) is 23.7 Å². The molecule has 0 atom stereocenters. The number of fused-ring (bicyclic) bond motifs is 1. The first-order valence-electron chi connectivity index (χ1n) is 9.00. The normalized spacial score (nSPS) is 13.8. The van der Waals surface area contributed by atoms with Gasteiger partial charge in [0.1, 0.15) is 24.5 Å². The molecule has 2 heterocycles. The average Bonchev–Trinajstić information content (AvgIpc) is 3.09. The summed E-state index contributed by atoms with van der Waals surface area (Å²) in [7, 11) is 0. The second-order valence-electron chi connectivity index (χ2n) is 6.40. The van der Waals surface area contributed by atoms with Crippen LogP contribution in [0.1, 0.15) is 50.8 Å². The fraction of sp³-hybridized carbons (Fsp3) is 0.300. The fourth-order valence-electron chi connectivity index (χ4n) is 3.17. The van der Waals surface area contributed by atoms with Gasteiger partial charge in [-0.15, -0.1) is 0 Å². The van der Waals surface area contributed by atoms with Gasteiger partial charge in [0.25, 0.3) is 11.8 Å². The quantitative estimate of drug-likeness (QED) is 0.612. The number of nitrogens with one attached hydrogen (secondary N) is 1. The smallest absolute Gasteiger partial charge is 0.291 e. The van der Waals surface area contributed by atoms with E-state index in [1.807, 2.05) is 12.1 Å². The van der Waals surface area contributed by atoms with Crippen LogP contribution in [0, 0.1) is 29.6 Å². The standard InChI is InChI=1S/C20H18N6O3/c1-13-17-14(24-25-19(27)15-5-2-3-10-23-15)6-4-7-16(17)29-18(13)20(28)26(11-8-21)12-9-22/h2-3,5,10H,4,6-7,11-12H2,1H3,(H,25,27)/b24-14+. The van der Waals surface area contributed by atoms with E-state index in [0.29, 0.717) is 35.4 Å². The Balaban J connectivity index is 1.88. The van der Waals surface area contributed by atoms with Crippen LogP contribution in [0.25, 0.3) is 0 Å². The molecule has 0 aliphatic heterocycles. The lowest BCUT2D eigenvalue weighted by molar-refractivity contribution is 0.0760. The minimum atomic E-state index is -0.517. The Bertz CT molecular complexity index is 1030. The molecule has 0 radical (unpaired) electrons. The summed E-state index contributed by atoms with van der Waals surface area (Å²) in [5, 5.41) is 22.0. The zero-order valence-electron chi connectivity index (χ0n) is 15.8. The topological polar surface area (TPSA) is 135 Å². The summed E-state index contributed by atoms with van der Waals surface area (Å²) >= 11 is 0. The van der Waals surface area contributed by atoms with Gasteiger partial charge in [-0.3, -0.25) is 14.6 Å². The number of rotatable bonds is 5. The molecule has 29 heavy (non-hydrogen) atoms. The molecule has 0 saturated heterocycles. The third-order valence-corrected chi connectivity index (χ3v) is 4.52. The summed E-state index contributed by atoms with van der Waals surface area (Å²) in [6, 6.07) is 8.76. The Morgan fingerprint density at radius 3 is 2.69 bits per heavy atom. The number of aromatic nitrogens is 1. The van der Waals surface area contributed by atoms with Crippen molar-refractivity contribution in [2.45, 2.75) is 26.2 Å². The first kappa shape index (κ1) is 19.8. The largest absolute Gasteiger partial charge is 0.455 e. The number of furan rings is 1. The molecule has 9 nitrogen and oxygen atoms in total. The maximum absolute atomic E-state index is 12.7. The van der Waals surface area contributed by atoms with E-state index in [1.165, 1.54) is 6.20 Å². The van der Waals surface area contributed by atoms with Crippen molar-refractivity contribution in [3.8, 4) is 12.1 Å². The fourth-order valence-corrected chi connectivity index (χ4v) is 3.17. The van der Waals surface area contributed by atoms with E-state index in [1.54, 1.807) is 25.1 Å². The van der Waals surface area contributed by atoms with Crippen LogP contribution >= 0.6 is 0 Å². The van der Waals surface area contributed by atoms with Crippen LogP contribution in [-0.2, 0) is 6.42 Å². The van der Waals surface area contributed by atoms with E-state index in [2.05, 4.69) is 15.5 Å². The number of carbonyl (C=O) groups is 2. The maximum Gasteiger partial charge on any atom is 0.291 e. The summed E-state index contributed by atoms with van der Waals surface area (Å²) in [6.07, 6.45) is 3.52. The van der Waals surface area contributed by atoms with E-state index in [0.717, 1.165) is 11.3 Å². The van der Waals surface area contributed by atoms with Gasteiger partial charge in [-0.25, -0.2) is 5.43 Å². The molecule has 2 aromatic heterocycles. The van der Waals surface area contributed by atoms with Gasteiger partial charge in [-0.1, -0.05) is 6.07 Å².